The Kier molecular flexibility index (Phi) is 10.2. The third-order valence-corrected chi connectivity index (χ3v) is 2.41. The second kappa shape index (κ2) is 10.6. The van der Waals surface area contributed by atoms with E-state index in [4.69, 9.17) is 0 Å². The van der Waals surface area contributed by atoms with E-state index in [2.05, 4.69) is 45.1 Å². The highest BCUT2D eigenvalue weighted by Crippen LogP contribution is 2.10. The first-order chi connectivity index (χ1) is 6.81. The summed E-state index contributed by atoms with van der Waals surface area (Å²) in [5, 5.41) is 0. The van der Waals surface area contributed by atoms with E-state index in [0.717, 1.165) is 5.92 Å². The van der Waals surface area contributed by atoms with Crippen molar-refractivity contribution >= 4 is 0 Å². The zero-order valence-electron chi connectivity index (χ0n) is 10.1. The Morgan fingerprint density at radius 3 is 2.43 bits per heavy atom. The molecule has 14 heavy (non-hydrogen) atoms. The fraction of sp³-hybridized carbons (Fsp3) is 0.714. The maximum atomic E-state index is 2.32. The smallest absolute Gasteiger partial charge is 0.0259 e. The molecule has 0 rings (SSSR count). The van der Waals surface area contributed by atoms with Gasteiger partial charge in [-0.15, -0.1) is 0 Å². The van der Waals surface area contributed by atoms with Gasteiger partial charge in [-0.2, -0.15) is 0 Å². The molecule has 0 aromatic carbocycles. The molecule has 0 aliphatic rings. The van der Waals surface area contributed by atoms with E-state index < -0.39 is 0 Å². The highest BCUT2D eigenvalue weighted by molar-refractivity contribution is 5.03. The third kappa shape index (κ3) is 9.57. The molecular formula is C14H26. The van der Waals surface area contributed by atoms with Crippen LogP contribution in [0.15, 0.2) is 24.3 Å². The van der Waals surface area contributed by atoms with Gasteiger partial charge in [-0.05, 0) is 18.8 Å². The van der Waals surface area contributed by atoms with E-state index in [-0.39, 0.29) is 0 Å². The van der Waals surface area contributed by atoms with E-state index in [1.807, 2.05) is 0 Å². The first-order valence-electron chi connectivity index (χ1n) is 6.14. The van der Waals surface area contributed by atoms with Crippen LogP contribution in [0.1, 0.15) is 59.3 Å². The van der Waals surface area contributed by atoms with Gasteiger partial charge in [0.1, 0.15) is 0 Å². The van der Waals surface area contributed by atoms with Crippen LogP contribution in [-0.4, -0.2) is 0 Å². The maximum absolute atomic E-state index is 2.32. The molecule has 0 bridgehead atoms. The van der Waals surface area contributed by atoms with Crippen LogP contribution in [0.5, 0.6) is 0 Å². The summed E-state index contributed by atoms with van der Waals surface area (Å²) < 4.78 is 0. The van der Waals surface area contributed by atoms with Crippen molar-refractivity contribution in [2.75, 3.05) is 0 Å². The molecule has 0 nitrogen and oxygen atoms in total. The molecule has 0 heteroatoms. The van der Waals surface area contributed by atoms with Crippen LogP contribution in [0.3, 0.4) is 0 Å². The Morgan fingerprint density at radius 1 is 1.00 bits per heavy atom. The Balaban J connectivity index is 3.44. The third-order valence-electron chi connectivity index (χ3n) is 2.41. The lowest BCUT2D eigenvalue weighted by atomic mass is 10.0. The molecule has 0 aromatic rings. The largest absolute Gasteiger partial charge is 0.0846 e. The fourth-order valence-corrected chi connectivity index (χ4v) is 1.41. The van der Waals surface area contributed by atoms with E-state index in [0.29, 0.717) is 0 Å². The predicted molar refractivity (Wildman–Crippen MR) is 66.5 cm³/mol. The summed E-state index contributed by atoms with van der Waals surface area (Å²) >= 11 is 0. The molecule has 0 aliphatic heterocycles. The number of allylic oxidation sites excluding steroid dienone is 4. The molecule has 0 aromatic heterocycles. The normalized spacial score (nSPS) is 14.2. The minimum Gasteiger partial charge on any atom is -0.0846 e. The van der Waals surface area contributed by atoms with Gasteiger partial charge in [-0.1, -0.05) is 70.8 Å². The molecule has 0 saturated heterocycles. The molecular weight excluding hydrogens is 168 g/mol. The van der Waals surface area contributed by atoms with Gasteiger partial charge in [-0.3, -0.25) is 0 Å². The molecule has 0 fully saturated rings. The van der Waals surface area contributed by atoms with Gasteiger partial charge < -0.3 is 0 Å². The molecule has 0 amide bonds. The van der Waals surface area contributed by atoms with Crippen LogP contribution in [0.2, 0.25) is 0 Å². The van der Waals surface area contributed by atoms with Crippen molar-refractivity contribution in [2.24, 2.45) is 5.92 Å². The van der Waals surface area contributed by atoms with Crippen LogP contribution < -0.4 is 0 Å². The predicted octanol–water partition coefficient (Wildman–Crippen LogP) is 5.12. The molecule has 0 spiro atoms. The van der Waals surface area contributed by atoms with Crippen molar-refractivity contribution in [3.8, 4) is 0 Å². The highest BCUT2D eigenvalue weighted by atomic mass is 14.0. The molecule has 0 N–H and O–H groups in total. The summed E-state index contributed by atoms with van der Waals surface area (Å²) in [6.07, 6.45) is 16.8. The number of rotatable bonds is 8. The zero-order chi connectivity index (χ0) is 10.6. The van der Waals surface area contributed by atoms with E-state index in [1.54, 1.807) is 0 Å². The Morgan fingerprint density at radius 2 is 1.79 bits per heavy atom. The first kappa shape index (κ1) is 13.5. The van der Waals surface area contributed by atoms with E-state index >= 15 is 0 Å². The molecule has 1 unspecified atom stereocenters. The Labute approximate surface area is 90.1 Å². The van der Waals surface area contributed by atoms with Crippen LogP contribution in [-0.2, 0) is 0 Å². The van der Waals surface area contributed by atoms with Crippen LogP contribution >= 0.6 is 0 Å². The van der Waals surface area contributed by atoms with Gasteiger partial charge in [0.05, 0.1) is 0 Å². The van der Waals surface area contributed by atoms with Crippen LogP contribution in [0, 0.1) is 5.92 Å². The number of hydrogen-bond acceptors (Lipinski definition) is 0. The summed E-state index contributed by atoms with van der Waals surface area (Å²) in [4.78, 5) is 0. The van der Waals surface area contributed by atoms with Gasteiger partial charge >= 0.3 is 0 Å². The molecule has 0 heterocycles. The first-order valence-corrected chi connectivity index (χ1v) is 6.14. The summed E-state index contributed by atoms with van der Waals surface area (Å²) in [7, 11) is 0. The van der Waals surface area contributed by atoms with Crippen LogP contribution in [0.4, 0.5) is 0 Å². The molecule has 0 aliphatic carbocycles. The van der Waals surface area contributed by atoms with Gasteiger partial charge in [0, 0.05) is 0 Å². The second-order valence-corrected chi connectivity index (χ2v) is 4.07. The van der Waals surface area contributed by atoms with Crippen molar-refractivity contribution in [1.29, 1.82) is 0 Å². The van der Waals surface area contributed by atoms with Gasteiger partial charge in [0.25, 0.3) is 0 Å². The quantitative estimate of drug-likeness (QED) is 0.372. The highest BCUT2D eigenvalue weighted by Gasteiger charge is 1.94. The SMILES string of the molecule is CCC/C=C/C=C/C(C)CCCCC. The standard InChI is InChI=1S/C14H26/c1-4-6-8-9-11-13-14(3)12-10-7-5-2/h8-9,11,13-14H,4-7,10,12H2,1-3H3/b9-8+,13-11+. The lowest BCUT2D eigenvalue weighted by Crippen LogP contribution is -1.88. The summed E-state index contributed by atoms with van der Waals surface area (Å²) in [5.41, 5.74) is 0. The molecule has 1 atom stereocenters. The molecule has 0 radical (unpaired) electrons. The maximum Gasteiger partial charge on any atom is -0.0259 e. The van der Waals surface area contributed by atoms with Crippen LogP contribution in [0.25, 0.3) is 0 Å². The van der Waals surface area contributed by atoms with Crippen molar-refractivity contribution in [2.45, 2.75) is 59.3 Å². The minimum absolute atomic E-state index is 0.743. The summed E-state index contributed by atoms with van der Waals surface area (Å²) in [6.45, 7) is 6.77. The van der Waals surface area contributed by atoms with Crippen molar-refractivity contribution < 1.29 is 0 Å². The van der Waals surface area contributed by atoms with Gasteiger partial charge in [0.15, 0.2) is 0 Å². The van der Waals surface area contributed by atoms with Crippen molar-refractivity contribution in [3.05, 3.63) is 24.3 Å². The summed E-state index contributed by atoms with van der Waals surface area (Å²) in [6, 6.07) is 0. The van der Waals surface area contributed by atoms with Crippen molar-refractivity contribution in [3.63, 3.8) is 0 Å². The van der Waals surface area contributed by atoms with Crippen molar-refractivity contribution in [1.82, 2.24) is 0 Å². The fourth-order valence-electron chi connectivity index (χ4n) is 1.41. The average molecular weight is 194 g/mol. The number of hydrogen-bond donors (Lipinski definition) is 0. The topological polar surface area (TPSA) is 0 Å². The van der Waals surface area contributed by atoms with Gasteiger partial charge in [-0.25, -0.2) is 0 Å². The lowest BCUT2D eigenvalue weighted by molar-refractivity contribution is 0.576. The average Bonchev–Trinajstić information content (AvgIpc) is 2.18. The molecule has 82 valence electrons. The lowest BCUT2D eigenvalue weighted by Gasteiger charge is -2.03. The molecule has 0 saturated carbocycles. The minimum atomic E-state index is 0.743. The second-order valence-electron chi connectivity index (χ2n) is 4.07. The van der Waals surface area contributed by atoms with E-state index in [9.17, 15) is 0 Å². The number of unbranched alkanes of at least 4 members (excludes halogenated alkanes) is 3. The Bertz CT molecular complexity index is 153. The van der Waals surface area contributed by atoms with E-state index in [1.165, 1.54) is 38.5 Å². The Hall–Kier alpha value is -0.520. The zero-order valence-corrected chi connectivity index (χ0v) is 10.1. The van der Waals surface area contributed by atoms with Gasteiger partial charge in [0.2, 0.25) is 0 Å². The summed E-state index contributed by atoms with van der Waals surface area (Å²) in [5.74, 6) is 0.743. The monoisotopic (exact) mass is 194 g/mol.